The summed E-state index contributed by atoms with van der Waals surface area (Å²) >= 11 is 1.44. The first-order valence-electron chi connectivity index (χ1n) is 11.5. The molecule has 178 valence electrons. The van der Waals surface area contributed by atoms with Gasteiger partial charge < -0.3 is 19.7 Å². The number of hydrogen-bond donors (Lipinski definition) is 1. The smallest absolute Gasteiger partial charge is 0.410 e. The Labute approximate surface area is 204 Å². The number of hydrogen-bond acceptors (Lipinski definition) is 5. The van der Waals surface area contributed by atoms with Gasteiger partial charge in [-0.2, -0.15) is 0 Å². The zero-order valence-electron chi connectivity index (χ0n) is 19.7. The topological polar surface area (TPSA) is 67.9 Å². The summed E-state index contributed by atoms with van der Waals surface area (Å²) in [6.07, 6.45) is 1.22. The summed E-state index contributed by atoms with van der Waals surface area (Å²) in [5, 5.41) is 2.93. The number of amides is 2. The quantitative estimate of drug-likeness (QED) is 0.458. The number of likely N-dealkylation sites (tertiary alicyclic amines) is 1. The van der Waals surface area contributed by atoms with Crippen LogP contribution in [0.5, 0.6) is 5.75 Å². The van der Waals surface area contributed by atoms with Gasteiger partial charge in [0.15, 0.2) is 0 Å². The van der Waals surface area contributed by atoms with Gasteiger partial charge in [0.2, 0.25) is 0 Å². The lowest BCUT2D eigenvalue weighted by Crippen LogP contribution is -2.44. The average molecular weight is 479 g/mol. The number of thiophene rings is 1. The highest BCUT2D eigenvalue weighted by Gasteiger charge is 2.28. The normalized spacial score (nSPS) is 14.5. The van der Waals surface area contributed by atoms with Gasteiger partial charge in [-0.25, -0.2) is 4.79 Å². The van der Waals surface area contributed by atoms with Gasteiger partial charge in [0, 0.05) is 42.1 Å². The van der Waals surface area contributed by atoms with Crippen molar-refractivity contribution in [1.29, 1.82) is 0 Å². The third-order valence-corrected chi connectivity index (χ3v) is 6.52. The fourth-order valence-corrected chi connectivity index (χ4v) is 4.69. The standard InChI is InChI=1S/C27H30N2O4S/c1-27(2,3)33-26(31)29-17-15-20(16-18-29)32-22-12-8-7-11-21(22)23-13-14-24(34-23)25(30)28-19-9-5-4-6-10-19/h4-14,20H,15-18H2,1-3H3,(H,28,30). The molecule has 6 nitrogen and oxygen atoms in total. The van der Waals surface area contributed by atoms with Gasteiger partial charge in [0.1, 0.15) is 17.5 Å². The van der Waals surface area contributed by atoms with Gasteiger partial charge in [-0.15, -0.1) is 11.3 Å². The molecule has 7 heteroatoms. The summed E-state index contributed by atoms with van der Waals surface area (Å²) < 4.78 is 11.8. The molecule has 3 aromatic rings. The van der Waals surface area contributed by atoms with Crippen LogP contribution < -0.4 is 10.1 Å². The number of nitrogens with zero attached hydrogens (tertiary/aromatic N) is 1. The second-order valence-electron chi connectivity index (χ2n) is 9.26. The number of ether oxygens (including phenoxy) is 2. The van der Waals surface area contributed by atoms with E-state index in [0.717, 1.165) is 34.7 Å². The number of carbonyl (C=O) groups is 2. The lowest BCUT2D eigenvalue weighted by Gasteiger charge is -2.33. The van der Waals surface area contributed by atoms with Crippen LogP contribution in [0.15, 0.2) is 66.7 Å². The zero-order valence-corrected chi connectivity index (χ0v) is 20.6. The fourth-order valence-electron chi connectivity index (χ4n) is 3.75. The van der Waals surface area contributed by atoms with Crippen molar-refractivity contribution in [2.75, 3.05) is 18.4 Å². The van der Waals surface area contributed by atoms with E-state index in [4.69, 9.17) is 9.47 Å². The van der Waals surface area contributed by atoms with E-state index in [9.17, 15) is 9.59 Å². The van der Waals surface area contributed by atoms with E-state index in [1.54, 1.807) is 4.90 Å². The Morgan fingerprint density at radius 1 is 0.941 bits per heavy atom. The maximum Gasteiger partial charge on any atom is 0.410 e. The van der Waals surface area contributed by atoms with E-state index in [1.807, 2.05) is 87.5 Å². The second kappa shape index (κ2) is 10.3. The SMILES string of the molecule is CC(C)(C)OC(=O)N1CCC(Oc2ccccc2-c2ccc(C(=O)Nc3ccccc3)s2)CC1. The maximum atomic E-state index is 12.7. The highest BCUT2D eigenvalue weighted by molar-refractivity contribution is 7.17. The van der Waals surface area contributed by atoms with E-state index in [-0.39, 0.29) is 18.1 Å². The van der Waals surface area contributed by atoms with Gasteiger partial charge in [-0.1, -0.05) is 30.3 Å². The number of benzene rings is 2. The Balaban J connectivity index is 1.39. The molecule has 34 heavy (non-hydrogen) atoms. The molecule has 1 N–H and O–H groups in total. The number of nitrogens with one attached hydrogen (secondary N) is 1. The molecule has 1 fully saturated rings. The molecule has 1 aliphatic rings. The van der Waals surface area contributed by atoms with Crippen LogP contribution in [0, 0.1) is 0 Å². The number of piperidine rings is 1. The molecule has 0 unspecified atom stereocenters. The molecule has 0 bridgehead atoms. The minimum atomic E-state index is -0.499. The van der Waals surface area contributed by atoms with Crippen molar-refractivity contribution in [1.82, 2.24) is 4.90 Å². The van der Waals surface area contributed by atoms with Crippen LogP contribution in [0.4, 0.5) is 10.5 Å². The van der Waals surface area contributed by atoms with Crippen LogP contribution in [0.3, 0.4) is 0 Å². The zero-order chi connectivity index (χ0) is 24.1. The van der Waals surface area contributed by atoms with Crippen LogP contribution in [0.25, 0.3) is 10.4 Å². The number of carbonyl (C=O) groups excluding carboxylic acids is 2. The molecular weight excluding hydrogens is 448 g/mol. The summed E-state index contributed by atoms with van der Waals surface area (Å²) in [4.78, 5) is 28.3. The van der Waals surface area contributed by atoms with Crippen LogP contribution in [0.1, 0.15) is 43.3 Å². The third-order valence-electron chi connectivity index (χ3n) is 5.40. The summed E-state index contributed by atoms with van der Waals surface area (Å²) in [6, 6.07) is 21.1. The van der Waals surface area contributed by atoms with Crippen LogP contribution in [-0.4, -0.2) is 41.7 Å². The predicted octanol–water partition coefficient (Wildman–Crippen LogP) is 6.45. The monoisotopic (exact) mass is 478 g/mol. The summed E-state index contributed by atoms with van der Waals surface area (Å²) in [5.41, 5.74) is 1.23. The molecule has 1 aromatic heterocycles. The molecule has 0 saturated carbocycles. The van der Waals surface area contributed by atoms with Crippen molar-refractivity contribution in [3.05, 3.63) is 71.6 Å². The molecule has 4 rings (SSSR count). The molecule has 2 amide bonds. The first-order valence-corrected chi connectivity index (χ1v) is 12.3. The lowest BCUT2D eigenvalue weighted by atomic mass is 10.1. The molecule has 0 aliphatic carbocycles. The van der Waals surface area contributed by atoms with Gasteiger partial charge in [-0.05, 0) is 57.2 Å². The van der Waals surface area contributed by atoms with Gasteiger partial charge in [0.25, 0.3) is 5.91 Å². The Morgan fingerprint density at radius 3 is 2.32 bits per heavy atom. The molecule has 0 atom stereocenters. The van der Waals surface area contributed by atoms with Crippen molar-refractivity contribution in [3.8, 4) is 16.2 Å². The lowest BCUT2D eigenvalue weighted by molar-refractivity contribution is 0.0127. The van der Waals surface area contributed by atoms with E-state index in [2.05, 4.69) is 5.32 Å². The summed E-state index contributed by atoms with van der Waals surface area (Å²) in [6.45, 7) is 6.83. The highest BCUT2D eigenvalue weighted by atomic mass is 32.1. The van der Waals surface area contributed by atoms with Crippen molar-refractivity contribution < 1.29 is 19.1 Å². The second-order valence-corrected chi connectivity index (χ2v) is 10.3. The first-order chi connectivity index (χ1) is 16.3. The predicted molar refractivity (Wildman–Crippen MR) is 136 cm³/mol. The Kier molecular flexibility index (Phi) is 7.22. The van der Waals surface area contributed by atoms with Crippen molar-refractivity contribution in [2.45, 2.75) is 45.3 Å². The number of anilines is 1. The number of rotatable bonds is 5. The number of para-hydroxylation sites is 2. The van der Waals surface area contributed by atoms with E-state index in [0.29, 0.717) is 18.0 Å². The van der Waals surface area contributed by atoms with Gasteiger partial charge >= 0.3 is 6.09 Å². The first kappa shape index (κ1) is 23.8. The largest absolute Gasteiger partial charge is 0.490 e. The Hall–Kier alpha value is -3.32. The van der Waals surface area contributed by atoms with Crippen molar-refractivity contribution >= 4 is 29.0 Å². The third kappa shape index (κ3) is 6.17. The van der Waals surface area contributed by atoms with Crippen LogP contribution in [0.2, 0.25) is 0 Å². The Bertz CT molecular complexity index is 1130. The van der Waals surface area contributed by atoms with E-state index >= 15 is 0 Å². The van der Waals surface area contributed by atoms with Crippen molar-refractivity contribution in [3.63, 3.8) is 0 Å². The van der Waals surface area contributed by atoms with Crippen LogP contribution >= 0.6 is 11.3 Å². The molecule has 2 heterocycles. The average Bonchev–Trinajstić information content (AvgIpc) is 3.30. The minimum Gasteiger partial charge on any atom is -0.490 e. The van der Waals surface area contributed by atoms with Gasteiger partial charge in [-0.3, -0.25) is 4.79 Å². The highest BCUT2D eigenvalue weighted by Crippen LogP contribution is 2.36. The summed E-state index contributed by atoms with van der Waals surface area (Å²) in [5.74, 6) is 0.658. The fraction of sp³-hybridized carbons (Fsp3) is 0.333. The molecule has 2 aromatic carbocycles. The van der Waals surface area contributed by atoms with E-state index in [1.165, 1.54) is 11.3 Å². The maximum absolute atomic E-state index is 12.7. The Morgan fingerprint density at radius 2 is 1.62 bits per heavy atom. The molecule has 0 radical (unpaired) electrons. The van der Waals surface area contributed by atoms with E-state index < -0.39 is 5.60 Å². The van der Waals surface area contributed by atoms with Crippen LogP contribution in [-0.2, 0) is 4.74 Å². The van der Waals surface area contributed by atoms with Crippen molar-refractivity contribution in [2.24, 2.45) is 0 Å². The molecular formula is C27H30N2O4S. The minimum absolute atomic E-state index is 0.0145. The molecule has 1 saturated heterocycles. The van der Waals surface area contributed by atoms with Gasteiger partial charge in [0.05, 0.1) is 4.88 Å². The molecule has 0 spiro atoms. The molecule has 1 aliphatic heterocycles. The summed E-state index contributed by atoms with van der Waals surface area (Å²) in [7, 11) is 0.